The van der Waals surface area contributed by atoms with Gasteiger partial charge in [-0.15, -0.1) is 0 Å². The van der Waals surface area contributed by atoms with Crippen molar-refractivity contribution < 1.29 is 4.79 Å². The summed E-state index contributed by atoms with van der Waals surface area (Å²) >= 11 is 1.96. The lowest BCUT2D eigenvalue weighted by Crippen LogP contribution is -2.32. The summed E-state index contributed by atoms with van der Waals surface area (Å²) in [6.45, 7) is 7.94. The monoisotopic (exact) mass is 232 g/mol. The van der Waals surface area contributed by atoms with Gasteiger partial charge in [0.1, 0.15) is 0 Å². The quantitative estimate of drug-likeness (QED) is 0.594. The number of thioether (sulfide) groups is 1. The van der Waals surface area contributed by atoms with Crippen molar-refractivity contribution in [3.05, 3.63) is 0 Å². The smallest absolute Gasteiger partial charge is 0.221 e. The van der Waals surface area contributed by atoms with E-state index < -0.39 is 0 Å². The highest BCUT2D eigenvalue weighted by Crippen LogP contribution is 1.99. The van der Waals surface area contributed by atoms with Gasteiger partial charge in [0.2, 0.25) is 5.91 Å². The third-order valence-corrected chi connectivity index (χ3v) is 2.81. The molecule has 2 N–H and O–H groups in total. The van der Waals surface area contributed by atoms with Crippen LogP contribution < -0.4 is 10.6 Å². The number of hydrogen-bond donors (Lipinski definition) is 2. The highest BCUT2D eigenvalue weighted by molar-refractivity contribution is 7.99. The minimum Gasteiger partial charge on any atom is -0.354 e. The van der Waals surface area contributed by atoms with E-state index in [2.05, 4.69) is 17.6 Å². The van der Waals surface area contributed by atoms with Gasteiger partial charge in [0.15, 0.2) is 0 Å². The van der Waals surface area contributed by atoms with E-state index in [1.165, 1.54) is 17.9 Å². The molecule has 0 aliphatic rings. The molecule has 4 heteroatoms. The molecule has 0 saturated heterocycles. The van der Waals surface area contributed by atoms with E-state index in [0.29, 0.717) is 6.42 Å². The average Bonchev–Trinajstić information content (AvgIpc) is 2.15. The predicted molar refractivity (Wildman–Crippen MR) is 68.4 cm³/mol. The fourth-order valence-electron chi connectivity index (χ4n) is 1.16. The first-order chi connectivity index (χ1) is 7.16. The maximum atomic E-state index is 11.2. The highest BCUT2D eigenvalue weighted by atomic mass is 32.2. The summed E-state index contributed by atoms with van der Waals surface area (Å²) in [7, 11) is 0. The molecule has 0 bridgehead atoms. The Morgan fingerprint density at radius 3 is 2.67 bits per heavy atom. The Bertz CT molecular complexity index is 163. The topological polar surface area (TPSA) is 41.1 Å². The van der Waals surface area contributed by atoms with Crippen molar-refractivity contribution in [2.45, 2.75) is 39.7 Å². The van der Waals surface area contributed by atoms with E-state index in [1.54, 1.807) is 0 Å². The molecule has 0 atom stereocenters. The first kappa shape index (κ1) is 14.8. The van der Waals surface area contributed by atoms with E-state index in [1.807, 2.05) is 25.6 Å². The minimum absolute atomic E-state index is 0.139. The Morgan fingerprint density at radius 1 is 1.33 bits per heavy atom. The second kappa shape index (κ2) is 10.3. The van der Waals surface area contributed by atoms with Gasteiger partial charge >= 0.3 is 0 Å². The number of hydrogen-bond acceptors (Lipinski definition) is 3. The van der Waals surface area contributed by atoms with E-state index in [4.69, 9.17) is 0 Å². The standard InChI is InChI=1S/C11H24N2OS/c1-4-15-9-5-7-12-8-6-11(14)13-10(2)3/h10,12H,4-9H2,1-3H3,(H,13,14). The first-order valence-electron chi connectivity index (χ1n) is 5.74. The second-order valence-electron chi connectivity index (χ2n) is 3.77. The number of carbonyl (C=O) groups excluding carboxylic acids is 1. The molecular weight excluding hydrogens is 208 g/mol. The van der Waals surface area contributed by atoms with E-state index in [-0.39, 0.29) is 11.9 Å². The predicted octanol–water partition coefficient (Wildman–Crippen LogP) is 1.63. The summed E-state index contributed by atoms with van der Waals surface area (Å²) in [5, 5.41) is 6.15. The fraction of sp³-hybridized carbons (Fsp3) is 0.909. The van der Waals surface area contributed by atoms with E-state index in [0.717, 1.165) is 13.1 Å². The largest absolute Gasteiger partial charge is 0.354 e. The van der Waals surface area contributed by atoms with Crippen LogP contribution in [0, 0.1) is 0 Å². The molecule has 0 aromatic rings. The molecular formula is C11H24N2OS. The van der Waals surface area contributed by atoms with Gasteiger partial charge in [0.05, 0.1) is 0 Å². The van der Waals surface area contributed by atoms with Crippen molar-refractivity contribution in [3.8, 4) is 0 Å². The number of carbonyl (C=O) groups is 1. The molecule has 3 nitrogen and oxygen atoms in total. The molecule has 0 aliphatic heterocycles. The van der Waals surface area contributed by atoms with Crippen molar-refractivity contribution >= 4 is 17.7 Å². The van der Waals surface area contributed by atoms with Crippen LogP contribution in [0.2, 0.25) is 0 Å². The fourth-order valence-corrected chi connectivity index (χ4v) is 1.80. The van der Waals surface area contributed by atoms with Crippen molar-refractivity contribution in [3.63, 3.8) is 0 Å². The molecule has 0 radical (unpaired) electrons. The molecule has 0 aliphatic carbocycles. The van der Waals surface area contributed by atoms with Crippen LogP contribution in [0.25, 0.3) is 0 Å². The summed E-state index contributed by atoms with van der Waals surface area (Å²) in [6, 6.07) is 0.249. The molecule has 0 spiro atoms. The van der Waals surface area contributed by atoms with Crippen LogP contribution in [0.3, 0.4) is 0 Å². The summed E-state index contributed by atoms with van der Waals surface area (Å²) in [5.74, 6) is 2.54. The molecule has 0 fully saturated rings. The molecule has 15 heavy (non-hydrogen) atoms. The summed E-state index contributed by atoms with van der Waals surface area (Å²) in [5.41, 5.74) is 0. The SMILES string of the molecule is CCSCCCNCCC(=O)NC(C)C. The van der Waals surface area contributed by atoms with Crippen LogP contribution >= 0.6 is 11.8 Å². The van der Waals surface area contributed by atoms with Crippen LogP contribution in [0.1, 0.15) is 33.6 Å². The van der Waals surface area contributed by atoms with Gasteiger partial charge < -0.3 is 10.6 Å². The van der Waals surface area contributed by atoms with Gasteiger partial charge in [-0.3, -0.25) is 4.79 Å². The van der Waals surface area contributed by atoms with Gasteiger partial charge in [0.25, 0.3) is 0 Å². The molecule has 0 rings (SSSR count). The lowest BCUT2D eigenvalue weighted by molar-refractivity contribution is -0.121. The van der Waals surface area contributed by atoms with Crippen LogP contribution in [0.4, 0.5) is 0 Å². The Labute approximate surface area is 97.8 Å². The Hall–Kier alpha value is -0.220. The summed E-state index contributed by atoms with van der Waals surface area (Å²) in [4.78, 5) is 11.2. The zero-order valence-corrected chi connectivity index (χ0v) is 11.0. The molecule has 1 amide bonds. The van der Waals surface area contributed by atoms with Crippen LogP contribution in [0.15, 0.2) is 0 Å². The third-order valence-electron chi connectivity index (χ3n) is 1.82. The van der Waals surface area contributed by atoms with Crippen molar-refractivity contribution in [2.75, 3.05) is 24.6 Å². The zero-order valence-electron chi connectivity index (χ0n) is 10.1. The number of rotatable bonds is 9. The molecule has 0 unspecified atom stereocenters. The number of nitrogens with one attached hydrogen (secondary N) is 2. The lowest BCUT2D eigenvalue weighted by Gasteiger charge is -2.08. The van der Waals surface area contributed by atoms with Crippen LogP contribution in [0.5, 0.6) is 0 Å². The van der Waals surface area contributed by atoms with Crippen molar-refractivity contribution in [1.29, 1.82) is 0 Å². The first-order valence-corrected chi connectivity index (χ1v) is 6.90. The lowest BCUT2D eigenvalue weighted by atomic mass is 10.3. The molecule has 0 aromatic heterocycles. The molecule has 0 heterocycles. The van der Waals surface area contributed by atoms with E-state index >= 15 is 0 Å². The van der Waals surface area contributed by atoms with Gasteiger partial charge in [-0.2, -0.15) is 11.8 Å². The zero-order chi connectivity index (χ0) is 11.5. The van der Waals surface area contributed by atoms with Gasteiger partial charge in [-0.25, -0.2) is 0 Å². The molecule has 0 saturated carbocycles. The third kappa shape index (κ3) is 11.7. The maximum Gasteiger partial charge on any atom is 0.221 e. The minimum atomic E-state index is 0.139. The van der Waals surface area contributed by atoms with E-state index in [9.17, 15) is 4.79 Å². The van der Waals surface area contributed by atoms with Crippen molar-refractivity contribution in [1.82, 2.24) is 10.6 Å². The van der Waals surface area contributed by atoms with Gasteiger partial charge in [-0.05, 0) is 38.3 Å². The number of amides is 1. The summed E-state index contributed by atoms with van der Waals surface area (Å²) < 4.78 is 0. The maximum absolute atomic E-state index is 11.2. The molecule has 0 aromatic carbocycles. The second-order valence-corrected chi connectivity index (χ2v) is 5.17. The Morgan fingerprint density at radius 2 is 2.07 bits per heavy atom. The van der Waals surface area contributed by atoms with Crippen LogP contribution in [-0.2, 0) is 4.79 Å². The van der Waals surface area contributed by atoms with Gasteiger partial charge in [-0.1, -0.05) is 6.92 Å². The molecule has 90 valence electrons. The van der Waals surface area contributed by atoms with Crippen molar-refractivity contribution in [2.24, 2.45) is 0 Å². The highest BCUT2D eigenvalue weighted by Gasteiger charge is 2.01. The van der Waals surface area contributed by atoms with Gasteiger partial charge in [0, 0.05) is 19.0 Å². The normalized spacial score (nSPS) is 10.7. The average molecular weight is 232 g/mol. The summed E-state index contributed by atoms with van der Waals surface area (Å²) in [6.07, 6.45) is 1.77. The Balaban J connectivity index is 3.13. The van der Waals surface area contributed by atoms with Crippen LogP contribution in [-0.4, -0.2) is 36.5 Å². The Kier molecular flexibility index (Phi) is 10.2.